The first kappa shape index (κ1) is 26.3. The van der Waals surface area contributed by atoms with Gasteiger partial charge in [0.05, 0.1) is 0 Å². The van der Waals surface area contributed by atoms with Gasteiger partial charge in [0.1, 0.15) is 0 Å². The van der Waals surface area contributed by atoms with Gasteiger partial charge in [-0.1, -0.05) is 51.9 Å². The van der Waals surface area contributed by atoms with Crippen LogP contribution in [0.3, 0.4) is 0 Å². The van der Waals surface area contributed by atoms with E-state index in [0.717, 1.165) is 12.8 Å². The Morgan fingerprint density at radius 2 is 1.25 bits per heavy atom. The van der Waals surface area contributed by atoms with Gasteiger partial charge < -0.3 is 5.11 Å². The molecule has 0 aromatic rings. The fraction of sp³-hybridized carbons (Fsp3) is 0.909. The zero-order valence-corrected chi connectivity index (χ0v) is 17.6. The van der Waals surface area contributed by atoms with Gasteiger partial charge in [-0.25, -0.2) is 0 Å². The summed E-state index contributed by atoms with van der Waals surface area (Å²) in [6.07, 6.45) is 10.1. The van der Waals surface area contributed by atoms with Crippen LogP contribution in [0.1, 0.15) is 64.7 Å². The van der Waals surface area contributed by atoms with E-state index in [1.807, 2.05) is 0 Å². The second-order valence-corrected chi connectivity index (χ2v) is 3.62. The molecule has 0 saturated carbocycles. The number of rotatable bonds is 9. The molecule has 16 heavy (non-hydrogen) atoms. The molecule has 2 nitrogen and oxygen atoms in total. The minimum atomic E-state index is -0.661. The molecule has 0 aliphatic rings. The molecule has 0 aliphatic carbocycles. The Balaban J connectivity index is -0.000000240. The zero-order chi connectivity index (χ0) is 9.94. The summed E-state index contributed by atoms with van der Waals surface area (Å²) >= 11 is 0. The van der Waals surface area contributed by atoms with Crippen molar-refractivity contribution in [1.29, 1.82) is 0 Å². The number of aliphatic carboxylic acids is 1. The maximum atomic E-state index is 10.2. The summed E-state index contributed by atoms with van der Waals surface area (Å²) in [6.45, 7) is 2.22. The number of carboxylic acids is 1. The van der Waals surface area contributed by atoms with Crippen molar-refractivity contribution in [1.82, 2.24) is 0 Å². The van der Waals surface area contributed by atoms with Gasteiger partial charge in [-0.2, -0.15) is 0 Å². The van der Waals surface area contributed by atoms with Crippen LogP contribution in [-0.2, 0) is 4.79 Å². The number of unbranched alkanes of at least 4 members (excludes halogenated alkanes) is 7. The zero-order valence-electron chi connectivity index (χ0n) is 10.0. The molecule has 5 heteroatoms. The molecule has 0 unspecified atom stereocenters. The molecule has 0 aliphatic heterocycles. The quantitative estimate of drug-likeness (QED) is 0.259. The van der Waals surface area contributed by atoms with Gasteiger partial charge in [0, 0.05) is 6.42 Å². The minimum absolute atomic E-state index is 0. The Labute approximate surface area is 150 Å². The van der Waals surface area contributed by atoms with Crippen molar-refractivity contribution < 1.29 is 9.90 Å². The van der Waals surface area contributed by atoms with Crippen molar-refractivity contribution in [3.8, 4) is 0 Å². The molecule has 1 N–H and O–H groups in total. The van der Waals surface area contributed by atoms with Gasteiger partial charge >= 0.3 is 29.6 Å². The SMILES string of the molecule is CCCCCCCCCCC(=O)O.I.I.[TeH2]. The van der Waals surface area contributed by atoms with Crippen LogP contribution in [0.2, 0.25) is 0 Å². The molecule has 0 saturated heterocycles. The van der Waals surface area contributed by atoms with Crippen molar-refractivity contribution in [2.24, 2.45) is 0 Å². The Morgan fingerprint density at radius 3 is 1.62 bits per heavy atom. The second kappa shape index (κ2) is 21.9. The number of hydrogen-bond donors (Lipinski definition) is 1. The van der Waals surface area contributed by atoms with E-state index in [1.165, 1.54) is 38.5 Å². The number of carboxylic acid groups (broad SMARTS) is 1. The molecular weight excluding hydrogens is 546 g/mol. The summed E-state index contributed by atoms with van der Waals surface area (Å²) in [5, 5.41) is 8.39. The first-order valence-electron chi connectivity index (χ1n) is 5.49. The molecule has 0 amide bonds. The molecule has 102 valence electrons. The predicted octanol–water partition coefficient (Wildman–Crippen LogP) is 3.92. The first-order valence-corrected chi connectivity index (χ1v) is 5.49. The maximum absolute atomic E-state index is 10.2. The van der Waals surface area contributed by atoms with Gasteiger partial charge in [0.2, 0.25) is 0 Å². The van der Waals surface area contributed by atoms with Gasteiger partial charge in [-0.05, 0) is 6.42 Å². The Morgan fingerprint density at radius 1 is 0.875 bits per heavy atom. The number of carbonyl (C=O) groups is 1. The fourth-order valence-corrected chi connectivity index (χ4v) is 1.41. The van der Waals surface area contributed by atoms with Crippen molar-refractivity contribution in [2.45, 2.75) is 64.7 Å². The third-order valence-electron chi connectivity index (χ3n) is 2.24. The van der Waals surface area contributed by atoms with E-state index in [-0.39, 0.29) is 71.6 Å². The molecule has 0 fully saturated rings. The Hall–Kier alpha value is 1.72. The van der Waals surface area contributed by atoms with Gasteiger partial charge in [-0.15, -0.1) is 48.0 Å². The molecule has 0 atom stereocenters. The number of halogens is 2. The normalized spacial score (nSPS) is 8.31. The monoisotopic (exact) mass is 574 g/mol. The van der Waals surface area contributed by atoms with E-state index in [2.05, 4.69) is 6.92 Å². The molecule has 0 radical (unpaired) electrons. The van der Waals surface area contributed by atoms with E-state index < -0.39 is 5.97 Å². The van der Waals surface area contributed by atoms with Crippen LogP contribution in [0.4, 0.5) is 0 Å². The summed E-state index contributed by atoms with van der Waals surface area (Å²) < 4.78 is 0. The van der Waals surface area contributed by atoms with Crippen LogP contribution in [0.5, 0.6) is 0 Å². The molecule has 0 rings (SSSR count). The topological polar surface area (TPSA) is 37.3 Å². The molecular formula is C11H26I2O2Te. The van der Waals surface area contributed by atoms with E-state index in [0.29, 0.717) is 6.42 Å². The Kier molecular flexibility index (Phi) is 36.1. The number of hydrogen-bond acceptors (Lipinski definition) is 1. The van der Waals surface area contributed by atoms with Crippen LogP contribution in [0, 0.1) is 0 Å². The van der Waals surface area contributed by atoms with E-state index in [9.17, 15) is 4.79 Å². The molecule has 0 spiro atoms. The molecule has 0 heterocycles. The average Bonchev–Trinajstić information content (AvgIpc) is 2.09. The van der Waals surface area contributed by atoms with Crippen molar-refractivity contribution in [3.63, 3.8) is 0 Å². The van der Waals surface area contributed by atoms with Crippen LogP contribution in [0.15, 0.2) is 0 Å². The van der Waals surface area contributed by atoms with E-state index in [1.54, 1.807) is 0 Å². The van der Waals surface area contributed by atoms with Crippen molar-refractivity contribution in [3.05, 3.63) is 0 Å². The van der Waals surface area contributed by atoms with Gasteiger partial charge in [0.15, 0.2) is 0 Å². The summed E-state index contributed by atoms with van der Waals surface area (Å²) in [5.74, 6) is -0.661. The summed E-state index contributed by atoms with van der Waals surface area (Å²) in [4.78, 5) is 10.2. The van der Waals surface area contributed by atoms with Gasteiger partial charge in [0.25, 0.3) is 0 Å². The third kappa shape index (κ3) is 24.8. The standard InChI is InChI=1S/C11H22O2.2HI.H2Te/c1-2-3-4-5-6-7-8-9-10-11(12)13;;;/h2-10H2,1H3,(H,12,13);2*1H;1H2. The first-order chi connectivity index (χ1) is 6.27. The fourth-order valence-electron chi connectivity index (χ4n) is 1.41. The van der Waals surface area contributed by atoms with Crippen molar-refractivity contribution >= 4 is 77.6 Å². The Bertz CT molecular complexity index is 135. The summed E-state index contributed by atoms with van der Waals surface area (Å²) in [7, 11) is 0. The van der Waals surface area contributed by atoms with Crippen molar-refractivity contribution in [2.75, 3.05) is 0 Å². The van der Waals surface area contributed by atoms with E-state index in [4.69, 9.17) is 5.11 Å². The second-order valence-electron chi connectivity index (χ2n) is 3.62. The third-order valence-corrected chi connectivity index (χ3v) is 2.24. The molecule has 0 aromatic carbocycles. The molecule has 0 aromatic heterocycles. The molecule has 0 bridgehead atoms. The van der Waals surface area contributed by atoms with Crippen LogP contribution >= 0.6 is 48.0 Å². The van der Waals surface area contributed by atoms with Crippen LogP contribution in [0.25, 0.3) is 0 Å². The van der Waals surface area contributed by atoms with Crippen LogP contribution in [-0.4, -0.2) is 34.7 Å². The summed E-state index contributed by atoms with van der Waals surface area (Å²) in [5.41, 5.74) is 0. The van der Waals surface area contributed by atoms with Crippen LogP contribution < -0.4 is 0 Å². The summed E-state index contributed by atoms with van der Waals surface area (Å²) in [6, 6.07) is 0. The van der Waals surface area contributed by atoms with E-state index >= 15 is 0 Å². The average molecular weight is 572 g/mol. The van der Waals surface area contributed by atoms with Gasteiger partial charge in [-0.3, -0.25) is 4.79 Å². The predicted molar refractivity (Wildman–Crippen MR) is 94.2 cm³/mol.